The highest BCUT2D eigenvalue weighted by molar-refractivity contribution is 5.97. The van der Waals surface area contributed by atoms with Crippen LogP contribution in [-0.4, -0.2) is 17.3 Å². The van der Waals surface area contributed by atoms with Gasteiger partial charge in [-0.05, 0) is 11.6 Å². The summed E-state index contributed by atoms with van der Waals surface area (Å²) in [6.45, 7) is 0. The van der Waals surface area contributed by atoms with Gasteiger partial charge in [0.15, 0.2) is 5.84 Å². The predicted octanol–water partition coefficient (Wildman–Crippen LogP) is 0.993. The molecular formula is C10H10N2O2. The molecule has 0 saturated carbocycles. The van der Waals surface area contributed by atoms with Crippen molar-refractivity contribution in [2.75, 3.05) is 0 Å². The number of rotatable bonds is 3. The average Bonchev–Trinajstić information content (AvgIpc) is 2.26. The van der Waals surface area contributed by atoms with E-state index in [0.29, 0.717) is 11.8 Å². The normalized spacial score (nSPS) is 11.9. The van der Waals surface area contributed by atoms with Crippen molar-refractivity contribution in [2.24, 2.45) is 10.9 Å². The molecule has 0 aliphatic carbocycles. The van der Waals surface area contributed by atoms with Crippen LogP contribution < -0.4 is 5.73 Å². The molecule has 0 unspecified atom stereocenters. The standard InChI is InChI=1S/C10H10N2O2/c11-10(12-14)9-5-3-8(4-6-9)2-1-7-13/h1-7,14H,(H2,11,12). The number of aldehydes is 1. The molecule has 0 bridgehead atoms. The van der Waals surface area contributed by atoms with Crippen LogP contribution >= 0.6 is 0 Å². The van der Waals surface area contributed by atoms with E-state index >= 15 is 0 Å². The number of carbonyl (C=O) groups excluding carboxylic acids is 1. The van der Waals surface area contributed by atoms with Gasteiger partial charge >= 0.3 is 0 Å². The molecule has 0 spiro atoms. The van der Waals surface area contributed by atoms with Crippen molar-refractivity contribution in [1.29, 1.82) is 0 Å². The molecule has 0 amide bonds. The Morgan fingerprint density at radius 2 is 2.00 bits per heavy atom. The smallest absolute Gasteiger partial charge is 0.170 e. The van der Waals surface area contributed by atoms with E-state index in [4.69, 9.17) is 10.9 Å². The minimum atomic E-state index is 0.0657. The summed E-state index contributed by atoms with van der Waals surface area (Å²) in [5.74, 6) is 0.0657. The molecule has 1 aromatic rings. The van der Waals surface area contributed by atoms with E-state index < -0.39 is 0 Å². The lowest BCUT2D eigenvalue weighted by molar-refractivity contribution is -0.104. The van der Waals surface area contributed by atoms with Gasteiger partial charge in [-0.2, -0.15) is 0 Å². The quantitative estimate of drug-likeness (QED) is 0.186. The molecule has 14 heavy (non-hydrogen) atoms. The molecular weight excluding hydrogens is 180 g/mol. The van der Waals surface area contributed by atoms with E-state index in [2.05, 4.69) is 5.16 Å². The SMILES string of the molecule is NC(=NO)c1ccc(C=CC=O)cc1. The predicted molar refractivity (Wildman–Crippen MR) is 54.1 cm³/mol. The van der Waals surface area contributed by atoms with Crippen LogP contribution in [0.4, 0.5) is 0 Å². The number of oxime groups is 1. The minimum Gasteiger partial charge on any atom is -0.409 e. The Hall–Kier alpha value is -2.10. The number of amidine groups is 1. The number of nitrogens with zero attached hydrogens (tertiary/aromatic N) is 1. The minimum absolute atomic E-state index is 0.0657. The number of carbonyl (C=O) groups is 1. The monoisotopic (exact) mass is 190 g/mol. The highest BCUT2D eigenvalue weighted by atomic mass is 16.4. The first-order valence-corrected chi connectivity index (χ1v) is 3.97. The molecule has 0 aromatic heterocycles. The zero-order valence-electron chi connectivity index (χ0n) is 7.42. The lowest BCUT2D eigenvalue weighted by atomic mass is 10.1. The van der Waals surface area contributed by atoms with Crippen LogP contribution in [0.25, 0.3) is 6.08 Å². The molecule has 0 radical (unpaired) electrons. The Morgan fingerprint density at radius 3 is 2.50 bits per heavy atom. The maximum absolute atomic E-state index is 10.0. The second-order valence-corrected chi connectivity index (χ2v) is 2.60. The fourth-order valence-electron chi connectivity index (χ4n) is 0.973. The Kier molecular flexibility index (Phi) is 3.43. The Bertz CT molecular complexity index is 366. The number of benzene rings is 1. The molecule has 4 nitrogen and oxygen atoms in total. The molecule has 72 valence electrons. The van der Waals surface area contributed by atoms with Crippen LogP contribution in [0.3, 0.4) is 0 Å². The summed E-state index contributed by atoms with van der Waals surface area (Å²) >= 11 is 0. The Labute approximate surface area is 81.3 Å². The van der Waals surface area contributed by atoms with E-state index in [1.807, 2.05) is 0 Å². The van der Waals surface area contributed by atoms with Gasteiger partial charge < -0.3 is 10.9 Å². The Morgan fingerprint density at radius 1 is 1.36 bits per heavy atom. The highest BCUT2D eigenvalue weighted by Crippen LogP contribution is 2.05. The van der Waals surface area contributed by atoms with Gasteiger partial charge in [0.25, 0.3) is 0 Å². The summed E-state index contributed by atoms with van der Waals surface area (Å²) in [6, 6.07) is 6.96. The van der Waals surface area contributed by atoms with Gasteiger partial charge in [0.2, 0.25) is 0 Å². The van der Waals surface area contributed by atoms with Crippen LogP contribution in [0.5, 0.6) is 0 Å². The third-order valence-electron chi connectivity index (χ3n) is 1.68. The first-order chi connectivity index (χ1) is 6.77. The van der Waals surface area contributed by atoms with E-state index in [-0.39, 0.29) is 5.84 Å². The maximum Gasteiger partial charge on any atom is 0.170 e. The van der Waals surface area contributed by atoms with Crippen molar-refractivity contribution in [1.82, 2.24) is 0 Å². The van der Waals surface area contributed by atoms with Crippen molar-refractivity contribution < 1.29 is 10.0 Å². The molecule has 3 N–H and O–H groups in total. The van der Waals surface area contributed by atoms with Crippen molar-refractivity contribution >= 4 is 18.2 Å². The third kappa shape index (κ3) is 2.45. The lowest BCUT2D eigenvalue weighted by Crippen LogP contribution is -2.12. The van der Waals surface area contributed by atoms with E-state index in [1.165, 1.54) is 6.08 Å². The number of hydrogen-bond acceptors (Lipinski definition) is 3. The van der Waals surface area contributed by atoms with Gasteiger partial charge in [0, 0.05) is 5.56 Å². The van der Waals surface area contributed by atoms with Gasteiger partial charge in [-0.25, -0.2) is 0 Å². The second kappa shape index (κ2) is 4.81. The van der Waals surface area contributed by atoms with Gasteiger partial charge in [-0.3, -0.25) is 4.79 Å². The molecule has 0 aliphatic rings. The highest BCUT2D eigenvalue weighted by Gasteiger charge is 1.96. The lowest BCUT2D eigenvalue weighted by Gasteiger charge is -1.98. The molecule has 0 heterocycles. The van der Waals surface area contributed by atoms with E-state index in [1.54, 1.807) is 30.3 Å². The maximum atomic E-state index is 10.0. The van der Waals surface area contributed by atoms with Crippen molar-refractivity contribution in [2.45, 2.75) is 0 Å². The van der Waals surface area contributed by atoms with Gasteiger partial charge in [0.05, 0.1) is 0 Å². The van der Waals surface area contributed by atoms with Crippen molar-refractivity contribution in [3.05, 3.63) is 41.5 Å². The third-order valence-corrected chi connectivity index (χ3v) is 1.68. The average molecular weight is 190 g/mol. The van der Waals surface area contributed by atoms with Crippen LogP contribution in [0.15, 0.2) is 35.5 Å². The fraction of sp³-hybridized carbons (Fsp3) is 0. The summed E-state index contributed by atoms with van der Waals surface area (Å²) < 4.78 is 0. The zero-order valence-corrected chi connectivity index (χ0v) is 7.42. The first kappa shape index (κ1) is 9.98. The summed E-state index contributed by atoms with van der Waals surface area (Å²) in [7, 11) is 0. The van der Waals surface area contributed by atoms with Crippen molar-refractivity contribution in [3.8, 4) is 0 Å². The summed E-state index contributed by atoms with van der Waals surface area (Å²) in [6.07, 6.45) is 3.78. The number of hydrogen-bond donors (Lipinski definition) is 2. The Balaban J connectivity index is 2.89. The second-order valence-electron chi connectivity index (χ2n) is 2.60. The number of allylic oxidation sites excluding steroid dienone is 1. The van der Waals surface area contributed by atoms with Gasteiger partial charge in [-0.15, -0.1) is 0 Å². The van der Waals surface area contributed by atoms with Crippen molar-refractivity contribution in [3.63, 3.8) is 0 Å². The van der Waals surface area contributed by atoms with Crippen LogP contribution in [-0.2, 0) is 4.79 Å². The first-order valence-electron chi connectivity index (χ1n) is 3.97. The summed E-state index contributed by atoms with van der Waals surface area (Å²) in [5, 5.41) is 11.3. The van der Waals surface area contributed by atoms with Gasteiger partial charge in [-0.1, -0.05) is 35.5 Å². The van der Waals surface area contributed by atoms with Crippen LogP contribution in [0.2, 0.25) is 0 Å². The zero-order chi connectivity index (χ0) is 10.4. The van der Waals surface area contributed by atoms with E-state index in [9.17, 15) is 4.79 Å². The molecule has 0 saturated heterocycles. The summed E-state index contributed by atoms with van der Waals surface area (Å²) in [5.41, 5.74) is 6.89. The summed E-state index contributed by atoms with van der Waals surface area (Å²) in [4.78, 5) is 10.0. The van der Waals surface area contributed by atoms with Crippen LogP contribution in [0.1, 0.15) is 11.1 Å². The molecule has 0 fully saturated rings. The molecule has 4 heteroatoms. The number of nitrogens with two attached hydrogens (primary N) is 1. The largest absolute Gasteiger partial charge is 0.409 e. The molecule has 0 atom stereocenters. The molecule has 1 aromatic carbocycles. The van der Waals surface area contributed by atoms with Crippen LogP contribution in [0, 0.1) is 0 Å². The molecule has 1 rings (SSSR count). The molecule has 0 aliphatic heterocycles. The fourth-order valence-corrected chi connectivity index (χ4v) is 0.973. The topological polar surface area (TPSA) is 75.7 Å². The van der Waals surface area contributed by atoms with E-state index in [0.717, 1.165) is 5.56 Å². The van der Waals surface area contributed by atoms with Gasteiger partial charge in [0.1, 0.15) is 6.29 Å².